The number of hydrogen-bond acceptors (Lipinski definition) is 3. The number of hydrogen-bond donors (Lipinski definition) is 3. The van der Waals surface area contributed by atoms with Crippen molar-refractivity contribution in [3.63, 3.8) is 0 Å². The molecule has 8 heteroatoms. The number of nitrogens with zero attached hydrogens (tertiary/aromatic N) is 1. The van der Waals surface area contributed by atoms with Gasteiger partial charge >= 0.3 is 0 Å². The van der Waals surface area contributed by atoms with E-state index in [1.54, 1.807) is 19.2 Å². The highest BCUT2D eigenvalue weighted by Crippen LogP contribution is 2.22. The topological polar surface area (TPSA) is 92.6 Å². The van der Waals surface area contributed by atoms with Crippen LogP contribution in [0.3, 0.4) is 0 Å². The zero-order valence-corrected chi connectivity index (χ0v) is 17.3. The molecule has 0 unspecified atom stereocenters. The van der Waals surface area contributed by atoms with Gasteiger partial charge in [-0.05, 0) is 29.8 Å². The fourth-order valence-corrected chi connectivity index (χ4v) is 2.31. The lowest BCUT2D eigenvalue weighted by Gasteiger charge is -2.26. The van der Waals surface area contributed by atoms with Gasteiger partial charge in [-0.25, -0.2) is 4.39 Å². The van der Waals surface area contributed by atoms with Crippen LogP contribution in [0.15, 0.2) is 45.8 Å². The molecule has 26 heavy (non-hydrogen) atoms. The van der Waals surface area contributed by atoms with Crippen molar-refractivity contribution >= 4 is 35.8 Å². The van der Waals surface area contributed by atoms with Gasteiger partial charge in [0.2, 0.25) is 0 Å². The predicted molar refractivity (Wildman–Crippen MR) is 110 cm³/mol. The standard InChI is InChI=1S/C18H23FN4O2.HI/c1-18(2,12-5-4-6-13(19)9-12)11-23-17(21-3)22-10-14-7-8-15(25-14)16(20)24;/h4-9H,10-11H2,1-3H3,(H2,20,24)(H2,21,22,23);1H. The molecule has 0 aliphatic heterocycles. The first-order valence-electron chi connectivity index (χ1n) is 7.91. The molecule has 0 saturated heterocycles. The first kappa shape index (κ1) is 21.9. The van der Waals surface area contributed by atoms with E-state index in [1.807, 2.05) is 19.9 Å². The number of guanidine groups is 1. The minimum atomic E-state index is -0.606. The number of amides is 1. The van der Waals surface area contributed by atoms with Gasteiger partial charge in [-0.1, -0.05) is 26.0 Å². The van der Waals surface area contributed by atoms with E-state index in [0.717, 1.165) is 5.56 Å². The number of nitrogens with two attached hydrogens (primary N) is 1. The smallest absolute Gasteiger partial charge is 0.284 e. The summed E-state index contributed by atoms with van der Waals surface area (Å²) in [6.07, 6.45) is 0. The zero-order chi connectivity index (χ0) is 18.4. The maximum Gasteiger partial charge on any atom is 0.284 e. The van der Waals surface area contributed by atoms with Crippen molar-refractivity contribution in [1.29, 1.82) is 0 Å². The molecule has 0 aliphatic rings. The minimum Gasteiger partial charge on any atom is -0.454 e. The van der Waals surface area contributed by atoms with Crippen LogP contribution in [0.1, 0.15) is 35.7 Å². The number of aliphatic imine (C=N–C) groups is 1. The Hall–Kier alpha value is -2.10. The van der Waals surface area contributed by atoms with Crippen LogP contribution in [0, 0.1) is 5.82 Å². The second-order valence-corrected chi connectivity index (χ2v) is 6.30. The van der Waals surface area contributed by atoms with E-state index < -0.39 is 5.91 Å². The summed E-state index contributed by atoms with van der Waals surface area (Å²) in [7, 11) is 1.65. The Morgan fingerprint density at radius 3 is 2.58 bits per heavy atom. The number of carbonyl (C=O) groups is 1. The number of nitrogens with one attached hydrogen (secondary N) is 2. The van der Waals surface area contributed by atoms with Crippen LogP contribution >= 0.6 is 24.0 Å². The van der Waals surface area contributed by atoms with Crippen molar-refractivity contribution in [1.82, 2.24) is 10.6 Å². The maximum absolute atomic E-state index is 13.4. The largest absolute Gasteiger partial charge is 0.454 e. The summed E-state index contributed by atoms with van der Waals surface area (Å²) in [6, 6.07) is 9.77. The third-order valence-electron chi connectivity index (χ3n) is 3.86. The van der Waals surface area contributed by atoms with Gasteiger partial charge in [0, 0.05) is 19.0 Å². The van der Waals surface area contributed by atoms with Crippen LogP contribution < -0.4 is 16.4 Å². The summed E-state index contributed by atoms with van der Waals surface area (Å²) in [6.45, 7) is 4.95. The summed E-state index contributed by atoms with van der Waals surface area (Å²) in [4.78, 5) is 15.2. The van der Waals surface area contributed by atoms with Crippen molar-refractivity contribution in [3.8, 4) is 0 Å². The van der Waals surface area contributed by atoms with Gasteiger partial charge in [-0.3, -0.25) is 9.79 Å². The average molecular weight is 474 g/mol. The van der Waals surface area contributed by atoms with E-state index >= 15 is 0 Å². The lowest BCUT2D eigenvalue weighted by Crippen LogP contribution is -2.43. The van der Waals surface area contributed by atoms with Crippen molar-refractivity contribution in [2.45, 2.75) is 25.8 Å². The van der Waals surface area contributed by atoms with Crippen LogP contribution in [0.5, 0.6) is 0 Å². The summed E-state index contributed by atoms with van der Waals surface area (Å²) in [5.41, 5.74) is 5.76. The fourth-order valence-electron chi connectivity index (χ4n) is 2.31. The van der Waals surface area contributed by atoms with Crippen LogP contribution in [0.4, 0.5) is 4.39 Å². The number of carbonyl (C=O) groups excluding carboxylic acids is 1. The predicted octanol–water partition coefficient (Wildman–Crippen LogP) is 2.78. The molecule has 0 atom stereocenters. The maximum atomic E-state index is 13.4. The summed E-state index contributed by atoms with van der Waals surface area (Å²) >= 11 is 0. The highest BCUT2D eigenvalue weighted by molar-refractivity contribution is 14.0. The second kappa shape index (κ2) is 9.56. The molecule has 1 heterocycles. The number of benzene rings is 1. The Morgan fingerprint density at radius 2 is 2.00 bits per heavy atom. The van der Waals surface area contributed by atoms with Gasteiger partial charge in [0.25, 0.3) is 5.91 Å². The van der Waals surface area contributed by atoms with Gasteiger partial charge in [0.1, 0.15) is 11.6 Å². The zero-order valence-electron chi connectivity index (χ0n) is 15.0. The lowest BCUT2D eigenvalue weighted by molar-refractivity contribution is 0.0972. The molecular formula is C18H24FIN4O2. The van der Waals surface area contributed by atoms with Crippen molar-refractivity contribution < 1.29 is 13.6 Å². The van der Waals surface area contributed by atoms with E-state index in [-0.39, 0.29) is 41.0 Å². The normalized spacial score (nSPS) is 11.6. The molecule has 6 nitrogen and oxygen atoms in total. The molecule has 1 amide bonds. The third-order valence-corrected chi connectivity index (χ3v) is 3.86. The Kier molecular flexibility index (Phi) is 8.07. The lowest BCUT2D eigenvalue weighted by atomic mass is 9.84. The summed E-state index contributed by atoms with van der Waals surface area (Å²) in [5, 5.41) is 6.30. The quantitative estimate of drug-likeness (QED) is 0.341. The first-order valence-corrected chi connectivity index (χ1v) is 7.91. The molecule has 0 aliphatic carbocycles. The van der Waals surface area contributed by atoms with Crippen molar-refractivity contribution in [2.75, 3.05) is 13.6 Å². The summed E-state index contributed by atoms with van der Waals surface area (Å²) in [5.74, 6) is 0.399. The van der Waals surface area contributed by atoms with Gasteiger partial charge in [0.05, 0.1) is 6.54 Å². The van der Waals surface area contributed by atoms with Crippen LogP contribution in [0.2, 0.25) is 0 Å². The van der Waals surface area contributed by atoms with Crippen molar-refractivity contribution in [2.24, 2.45) is 10.7 Å². The van der Waals surface area contributed by atoms with Gasteiger partial charge in [0.15, 0.2) is 11.7 Å². The molecule has 0 bridgehead atoms. The molecule has 1 aromatic carbocycles. The summed E-state index contributed by atoms with van der Waals surface area (Å²) < 4.78 is 18.7. The van der Waals surface area contributed by atoms with Crippen LogP contribution in [0.25, 0.3) is 0 Å². The Balaban J connectivity index is 0.00000338. The molecule has 2 aromatic rings. The SMILES string of the molecule is CN=C(NCc1ccc(C(N)=O)o1)NCC(C)(C)c1cccc(F)c1.I. The third kappa shape index (κ3) is 6.01. The van der Waals surface area contributed by atoms with E-state index in [9.17, 15) is 9.18 Å². The van der Waals surface area contributed by atoms with Crippen molar-refractivity contribution in [3.05, 3.63) is 59.3 Å². The van der Waals surface area contributed by atoms with E-state index in [2.05, 4.69) is 15.6 Å². The van der Waals surface area contributed by atoms with E-state index in [0.29, 0.717) is 24.8 Å². The highest BCUT2D eigenvalue weighted by atomic mass is 127. The molecule has 0 saturated carbocycles. The molecule has 0 radical (unpaired) electrons. The molecule has 2 rings (SSSR count). The molecule has 1 aromatic heterocycles. The van der Waals surface area contributed by atoms with Crippen LogP contribution in [-0.4, -0.2) is 25.5 Å². The number of halogens is 2. The number of rotatable bonds is 6. The molecule has 0 fully saturated rings. The Labute approximate surface area is 169 Å². The van der Waals surface area contributed by atoms with E-state index in [4.69, 9.17) is 10.2 Å². The van der Waals surface area contributed by atoms with Gasteiger partial charge in [-0.15, -0.1) is 24.0 Å². The number of furan rings is 1. The minimum absolute atomic E-state index is 0. The van der Waals surface area contributed by atoms with Crippen LogP contribution in [-0.2, 0) is 12.0 Å². The molecule has 4 N–H and O–H groups in total. The highest BCUT2D eigenvalue weighted by Gasteiger charge is 2.21. The van der Waals surface area contributed by atoms with E-state index in [1.165, 1.54) is 18.2 Å². The fraction of sp³-hybridized carbons (Fsp3) is 0.333. The Morgan fingerprint density at radius 1 is 1.27 bits per heavy atom. The average Bonchev–Trinajstić information content (AvgIpc) is 3.04. The Bertz CT molecular complexity index is 774. The second-order valence-electron chi connectivity index (χ2n) is 6.30. The molecule has 0 spiro atoms. The van der Waals surface area contributed by atoms with Gasteiger partial charge < -0.3 is 20.8 Å². The number of primary amides is 1. The first-order chi connectivity index (χ1) is 11.8. The molecular weight excluding hydrogens is 450 g/mol. The monoisotopic (exact) mass is 474 g/mol. The van der Waals surface area contributed by atoms with Gasteiger partial charge in [-0.2, -0.15) is 0 Å². The molecule has 142 valence electrons.